The zero-order valence-corrected chi connectivity index (χ0v) is 20.8. The van der Waals surface area contributed by atoms with Crippen LogP contribution < -0.4 is 38.9 Å². The first-order chi connectivity index (χ1) is 16.4. The number of aliphatic carboxylic acids is 1. The Balaban J connectivity index is 5.36. The third-order valence-electron chi connectivity index (χ3n) is 5.43. The Morgan fingerprint density at radius 3 is 1.77 bits per heavy atom. The summed E-state index contributed by atoms with van der Waals surface area (Å²) in [5, 5.41) is 16.9. The zero-order chi connectivity index (χ0) is 27.0. The van der Waals surface area contributed by atoms with E-state index in [1.165, 1.54) is 0 Å². The van der Waals surface area contributed by atoms with Crippen LogP contribution in [-0.4, -0.2) is 72.0 Å². The van der Waals surface area contributed by atoms with Gasteiger partial charge >= 0.3 is 5.97 Å². The minimum absolute atomic E-state index is 0.186. The van der Waals surface area contributed by atoms with Gasteiger partial charge in [-0.2, -0.15) is 0 Å². The molecular formula is C22H43N7O6. The topological polar surface area (TPSA) is 246 Å². The Bertz CT molecular complexity index is 704. The Labute approximate surface area is 206 Å². The lowest BCUT2D eigenvalue weighted by Gasteiger charge is -2.27. The minimum atomic E-state index is -1.35. The summed E-state index contributed by atoms with van der Waals surface area (Å²) >= 11 is 0. The number of hydrogen-bond acceptors (Lipinski definition) is 8. The average Bonchev–Trinajstić information content (AvgIpc) is 2.78. The average molecular weight is 502 g/mol. The Morgan fingerprint density at radius 2 is 1.29 bits per heavy atom. The van der Waals surface area contributed by atoms with E-state index in [-0.39, 0.29) is 19.3 Å². The second-order valence-corrected chi connectivity index (χ2v) is 8.87. The van der Waals surface area contributed by atoms with Crippen LogP contribution in [0.1, 0.15) is 65.2 Å². The van der Waals surface area contributed by atoms with E-state index in [0.29, 0.717) is 38.8 Å². The first kappa shape index (κ1) is 32.2. The predicted octanol–water partition coefficient (Wildman–Crippen LogP) is -1.97. The van der Waals surface area contributed by atoms with Crippen molar-refractivity contribution in [2.45, 2.75) is 89.4 Å². The number of rotatable bonds is 19. The highest BCUT2D eigenvalue weighted by atomic mass is 16.4. The van der Waals surface area contributed by atoms with Gasteiger partial charge in [-0.05, 0) is 57.5 Å². The second kappa shape index (κ2) is 17.6. The smallest absolute Gasteiger partial charge is 0.326 e. The summed E-state index contributed by atoms with van der Waals surface area (Å²) in [6.07, 6.45) is 2.88. The van der Waals surface area contributed by atoms with Crippen molar-refractivity contribution < 1.29 is 29.1 Å². The highest BCUT2D eigenvalue weighted by Crippen LogP contribution is 2.08. The van der Waals surface area contributed by atoms with E-state index in [0.717, 1.165) is 6.42 Å². The third kappa shape index (κ3) is 13.6. The molecule has 0 saturated carbocycles. The van der Waals surface area contributed by atoms with Crippen LogP contribution in [0.25, 0.3) is 0 Å². The summed E-state index contributed by atoms with van der Waals surface area (Å²) in [6.45, 7) is 4.26. The molecule has 0 aromatic carbocycles. The van der Waals surface area contributed by atoms with Crippen LogP contribution in [0.15, 0.2) is 0 Å². The lowest BCUT2D eigenvalue weighted by molar-refractivity contribution is -0.143. The molecule has 0 radical (unpaired) electrons. The van der Waals surface area contributed by atoms with E-state index in [2.05, 4.69) is 16.0 Å². The number of nitrogens with two attached hydrogens (primary N) is 4. The number of primary amides is 1. The van der Waals surface area contributed by atoms with Gasteiger partial charge in [-0.1, -0.05) is 20.3 Å². The maximum Gasteiger partial charge on any atom is 0.326 e. The van der Waals surface area contributed by atoms with Crippen molar-refractivity contribution >= 4 is 29.6 Å². The van der Waals surface area contributed by atoms with Crippen molar-refractivity contribution in [2.24, 2.45) is 28.9 Å². The molecule has 0 bridgehead atoms. The lowest BCUT2D eigenvalue weighted by atomic mass is 10.0. The van der Waals surface area contributed by atoms with Gasteiger partial charge in [0.15, 0.2) is 0 Å². The molecule has 0 aromatic heterocycles. The molecular weight excluding hydrogens is 458 g/mol. The molecule has 13 nitrogen and oxygen atoms in total. The SMILES string of the molecule is CC(C)C(NC(=O)C(CCCCN)NC(=O)C(N)CCCCN)C(=O)NC(CCC(N)=O)C(=O)O. The molecule has 0 saturated heterocycles. The number of carboxylic acids is 1. The van der Waals surface area contributed by atoms with Gasteiger partial charge in [0, 0.05) is 6.42 Å². The van der Waals surface area contributed by atoms with Gasteiger partial charge in [-0.3, -0.25) is 19.2 Å². The summed E-state index contributed by atoms with van der Waals surface area (Å²) in [5.41, 5.74) is 22.0. The normalized spacial score (nSPS) is 14.5. The maximum atomic E-state index is 13.0. The fourth-order valence-electron chi connectivity index (χ4n) is 3.27. The molecule has 0 aromatic rings. The van der Waals surface area contributed by atoms with Crippen molar-refractivity contribution in [3.05, 3.63) is 0 Å². The van der Waals surface area contributed by atoms with E-state index >= 15 is 0 Å². The quantitative estimate of drug-likeness (QED) is 0.0913. The van der Waals surface area contributed by atoms with Crippen molar-refractivity contribution in [3.8, 4) is 0 Å². The lowest BCUT2D eigenvalue weighted by Crippen LogP contribution is -2.58. The molecule has 0 heterocycles. The number of amides is 4. The molecule has 0 fully saturated rings. The Kier molecular flexibility index (Phi) is 16.2. The molecule has 0 aliphatic rings. The molecule has 35 heavy (non-hydrogen) atoms. The third-order valence-corrected chi connectivity index (χ3v) is 5.43. The largest absolute Gasteiger partial charge is 0.480 e. The zero-order valence-electron chi connectivity index (χ0n) is 20.8. The maximum absolute atomic E-state index is 13.0. The van der Waals surface area contributed by atoms with Crippen molar-refractivity contribution in [1.82, 2.24) is 16.0 Å². The summed E-state index contributed by atoms with van der Waals surface area (Å²) < 4.78 is 0. The van der Waals surface area contributed by atoms with Crippen LogP contribution in [0, 0.1) is 5.92 Å². The van der Waals surface area contributed by atoms with E-state index in [9.17, 15) is 29.1 Å². The van der Waals surface area contributed by atoms with Gasteiger partial charge in [0.2, 0.25) is 23.6 Å². The molecule has 13 heteroatoms. The minimum Gasteiger partial charge on any atom is -0.480 e. The summed E-state index contributed by atoms with van der Waals surface area (Å²) in [7, 11) is 0. The number of carboxylic acid groups (broad SMARTS) is 1. The fraction of sp³-hybridized carbons (Fsp3) is 0.773. The number of hydrogen-bond donors (Lipinski definition) is 8. The Hall–Kier alpha value is -2.77. The van der Waals surface area contributed by atoms with Crippen LogP contribution >= 0.6 is 0 Å². The summed E-state index contributed by atoms with van der Waals surface area (Å²) in [6, 6.07) is -4.18. The van der Waals surface area contributed by atoms with Gasteiger partial charge in [0.1, 0.15) is 18.1 Å². The van der Waals surface area contributed by atoms with Crippen LogP contribution in [0.2, 0.25) is 0 Å². The summed E-state index contributed by atoms with van der Waals surface area (Å²) in [4.78, 5) is 60.8. The van der Waals surface area contributed by atoms with E-state index in [1.807, 2.05) is 0 Å². The van der Waals surface area contributed by atoms with E-state index in [1.54, 1.807) is 13.8 Å². The molecule has 0 aliphatic carbocycles. The highest BCUT2D eigenvalue weighted by Gasteiger charge is 2.31. The second-order valence-electron chi connectivity index (χ2n) is 8.87. The van der Waals surface area contributed by atoms with Gasteiger partial charge in [-0.25, -0.2) is 4.79 Å². The van der Waals surface area contributed by atoms with E-state index in [4.69, 9.17) is 22.9 Å². The molecule has 0 rings (SSSR count). The van der Waals surface area contributed by atoms with E-state index < -0.39 is 59.7 Å². The van der Waals surface area contributed by atoms with Crippen molar-refractivity contribution in [3.63, 3.8) is 0 Å². The molecule has 4 atom stereocenters. The monoisotopic (exact) mass is 501 g/mol. The fourth-order valence-corrected chi connectivity index (χ4v) is 3.27. The van der Waals surface area contributed by atoms with Crippen LogP contribution in [0.4, 0.5) is 0 Å². The molecule has 4 amide bonds. The van der Waals surface area contributed by atoms with Gasteiger partial charge in [0.25, 0.3) is 0 Å². The molecule has 0 spiro atoms. The molecule has 4 unspecified atom stereocenters. The molecule has 12 N–H and O–H groups in total. The number of unbranched alkanes of at least 4 members (excludes halogenated alkanes) is 2. The molecule has 0 aliphatic heterocycles. The number of nitrogens with one attached hydrogen (secondary N) is 3. The van der Waals surface area contributed by atoms with Gasteiger partial charge in [0.05, 0.1) is 6.04 Å². The van der Waals surface area contributed by atoms with Crippen molar-refractivity contribution in [2.75, 3.05) is 13.1 Å². The molecule has 202 valence electrons. The van der Waals surface area contributed by atoms with Crippen molar-refractivity contribution in [1.29, 1.82) is 0 Å². The van der Waals surface area contributed by atoms with Crippen LogP contribution in [0.3, 0.4) is 0 Å². The Morgan fingerprint density at radius 1 is 0.743 bits per heavy atom. The summed E-state index contributed by atoms with van der Waals surface area (Å²) in [5.74, 6) is -4.24. The first-order valence-corrected chi connectivity index (χ1v) is 12.0. The number of carbonyl (C=O) groups is 5. The highest BCUT2D eigenvalue weighted by molar-refractivity contribution is 5.94. The number of carbonyl (C=O) groups excluding carboxylic acids is 4. The van der Waals surface area contributed by atoms with Gasteiger partial charge in [-0.15, -0.1) is 0 Å². The van der Waals surface area contributed by atoms with Crippen LogP contribution in [-0.2, 0) is 24.0 Å². The van der Waals surface area contributed by atoms with Gasteiger partial charge < -0.3 is 44.0 Å². The van der Waals surface area contributed by atoms with Crippen LogP contribution in [0.5, 0.6) is 0 Å². The first-order valence-electron chi connectivity index (χ1n) is 12.0. The predicted molar refractivity (Wildman–Crippen MR) is 130 cm³/mol. The standard InChI is InChI=1S/C22H43N7O6/c1-13(2)18(21(33)28-16(22(34)35)9-10-17(26)30)29-20(32)15(8-4-6-12-24)27-19(31)14(25)7-3-5-11-23/h13-16,18H,3-12,23-25H2,1-2H3,(H2,26,30)(H,27,31)(H,28,33)(H,29,32)(H,34,35).